The predicted molar refractivity (Wildman–Crippen MR) is 74.1 cm³/mol. The van der Waals surface area contributed by atoms with Crippen molar-refractivity contribution in [2.75, 3.05) is 19.6 Å². The van der Waals surface area contributed by atoms with Crippen LogP contribution in [0, 0.1) is 11.2 Å². The zero-order valence-electron chi connectivity index (χ0n) is 11.2. The molecule has 1 heterocycles. The molecule has 2 rings (SSSR count). The minimum absolute atomic E-state index is 0.0742. The van der Waals surface area contributed by atoms with E-state index in [2.05, 4.69) is 24.5 Å². The lowest BCUT2D eigenvalue weighted by Crippen LogP contribution is -2.25. The summed E-state index contributed by atoms with van der Waals surface area (Å²) in [6.07, 6.45) is 5.11. The molecule has 1 aromatic rings. The molecule has 0 bridgehead atoms. The second kappa shape index (κ2) is 5.66. The quantitative estimate of drug-likeness (QED) is 0.718. The maximum absolute atomic E-state index is 13.4. The van der Waals surface area contributed by atoms with Crippen LogP contribution in [0.15, 0.2) is 36.9 Å². The Morgan fingerprint density at radius 2 is 2.22 bits per heavy atom. The molecule has 1 aromatic carbocycles. The first-order chi connectivity index (χ1) is 8.63. The molecular formula is C16H22FN. The first kappa shape index (κ1) is 13.3. The van der Waals surface area contributed by atoms with Gasteiger partial charge in [0.15, 0.2) is 0 Å². The van der Waals surface area contributed by atoms with Crippen LogP contribution < -0.4 is 0 Å². The van der Waals surface area contributed by atoms with Crippen molar-refractivity contribution in [3.63, 3.8) is 0 Å². The van der Waals surface area contributed by atoms with E-state index in [0.717, 1.165) is 38.0 Å². The molecule has 1 aliphatic heterocycles. The van der Waals surface area contributed by atoms with Gasteiger partial charge in [0.2, 0.25) is 0 Å². The number of nitrogens with zero attached hydrogens (tertiary/aromatic N) is 1. The molecule has 0 aromatic heterocycles. The summed E-state index contributed by atoms with van der Waals surface area (Å²) < 4.78 is 13.4. The minimum Gasteiger partial charge on any atom is -0.302 e. The van der Waals surface area contributed by atoms with Crippen LogP contribution in [-0.2, 0) is 6.42 Å². The number of likely N-dealkylation sites (tertiary alicyclic amines) is 1. The Morgan fingerprint density at radius 1 is 1.44 bits per heavy atom. The van der Waals surface area contributed by atoms with Gasteiger partial charge in [-0.1, -0.05) is 31.2 Å². The third-order valence-corrected chi connectivity index (χ3v) is 3.96. The highest BCUT2D eigenvalue weighted by Crippen LogP contribution is 2.30. The Bertz CT molecular complexity index is 415. The van der Waals surface area contributed by atoms with Gasteiger partial charge in [0.25, 0.3) is 0 Å². The van der Waals surface area contributed by atoms with Crippen molar-refractivity contribution >= 4 is 0 Å². The molecule has 1 atom stereocenters. The number of rotatable bonds is 5. The van der Waals surface area contributed by atoms with Crippen molar-refractivity contribution < 1.29 is 4.39 Å². The minimum atomic E-state index is -0.0742. The number of hydrogen-bond acceptors (Lipinski definition) is 1. The molecule has 0 spiro atoms. The molecule has 1 unspecified atom stereocenters. The molecule has 0 saturated carbocycles. The largest absolute Gasteiger partial charge is 0.302 e. The molecular weight excluding hydrogens is 225 g/mol. The molecule has 1 saturated heterocycles. The van der Waals surface area contributed by atoms with Gasteiger partial charge in [0.05, 0.1) is 0 Å². The maximum Gasteiger partial charge on any atom is 0.126 e. The van der Waals surface area contributed by atoms with Crippen molar-refractivity contribution in [3.8, 4) is 0 Å². The third kappa shape index (κ3) is 3.20. The molecule has 0 amide bonds. The Labute approximate surface area is 109 Å². The van der Waals surface area contributed by atoms with Gasteiger partial charge in [-0.3, -0.25) is 0 Å². The van der Waals surface area contributed by atoms with E-state index in [1.165, 1.54) is 6.42 Å². The fourth-order valence-electron chi connectivity index (χ4n) is 2.63. The summed E-state index contributed by atoms with van der Waals surface area (Å²) in [6, 6.07) is 7.07. The standard InChI is InChI=1S/C16H22FN/c1-3-16(2)10-12-18(13-16)11-6-8-14-7-4-5-9-15(14)17/h3-5,7,9H,1,6,8,10-13H2,2H3. The summed E-state index contributed by atoms with van der Waals surface area (Å²) in [7, 11) is 0. The SMILES string of the molecule is C=CC1(C)CCN(CCCc2ccccc2F)C1. The molecule has 98 valence electrons. The zero-order chi connectivity index (χ0) is 13.0. The lowest BCUT2D eigenvalue weighted by atomic mass is 9.90. The van der Waals surface area contributed by atoms with Crippen molar-refractivity contribution in [2.45, 2.75) is 26.2 Å². The monoisotopic (exact) mass is 247 g/mol. The predicted octanol–water partition coefficient (Wildman–Crippen LogP) is 3.66. The van der Waals surface area contributed by atoms with E-state index in [1.54, 1.807) is 12.1 Å². The second-order valence-corrected chi connectivity index (χ2v) is 5.58. The van der Waals surface area contributed by atoms with E-state index < -0.39 is 0 Å². The Kier molecular flexibility index (Phi) is 4.18. The fourth-order valence-corrected chi connectivity index (χ4v) is 2.63. The number of aryl methyl sites for hydroxylation is 1. The Balaban J connectivity index is 1.77. The van der Waals surface area contributed by atoms with Gasteiger partial charge in [-0.2, -0.15) is 0 Å². The van der Waals surface area contributed by atoms with Crippen LogP contribution in [-0.4, -0.2) is 24.5 Å². The highest BCUT2D eigenvalue weighted by Gasteiger charge is 2.30. The molecule has 1 aliphatic rings. The lowest BCUT2D eigenvalue weighted by molar-refractivity contribution is 0.303. The highest BCUT2D eigenvalue weighted by molar-refractivity contribution is 5.17. The van der Waals surface area contributed by atoms with E-state index in [1.807, 2.05) is 12.1 Å². The van der Waals surface area contributed by atoms with Crippen LogP contribution in [0.3, 0.4) is 0 Å². The van der Waals surface area contributed by atoms with Crippen LogP contribution in [0.5, 0.6) is 0 Å². The second-order valence-electron chi connectivity index (χ2n) is 5.58. The first-order valence-corrected chi connectivity index (χ1v) is 6.72. The third-order valence-electron chi connectivity index (χ3n) is 3.96. The van der Waals surface area contributed by atoms with Gasteiger partial charge in [-0.25, -0.2) is 4.39 Å². The van der Waals surface area contributed by atoms with E-state index in [9.17, 15) is 4.39 Å². The normalized spacial score (nSPS) is 24.3. The van der Waals surface area contributed by atoms with Gasteiger partial charge in [-0.15, -0.1) is 6.58 Å². The van der Waals surface area contributed by atoms with Crippen LogP contribution in [0.25, 0.3) is 0 Å². The summed E-state index contributed by atoms with van der Waals surface area (Å²) >= 11 is 0. The van der Waals surface area contributed by atoms with E-state index in [4.69, 9.17) is 0 Å². The number of halogens is 1. The topological polar surface area (TPSA) is 3.24 Å². The van der Waals surface area contributed by atoms with Crippen molar-refractivity contribution in [1.82, 2.24) is 4.90 Å². The number of hydrogen-bond donors (Lipinski definition) is 0. The lowest BCUT2D eigenvalue weighted by Gasteiger charge is -2.20. The molecule has 0 aliphatic carbocycles. The van der Waals surface area contributed by atoms with E-state index in [0.29, 0.717) is 0 Å². The molecule has 1 fully saturated rings. The molecule has 18 heavy (non-hydrogen) atoms. The summed E-state index contributed by atoms with van der Waals surface area (Å²) in [6.45, 7) is 9.46. The molecule has 0 N–H and O–H groups in total. The smallest absolute Gasteiger partial charge is 0.126 e. The summed E-state index contributed by atoms with van der Waals surface area (Å²) in [5.74, 6) is -0.0742. The average Bonchev–Trinajstić information content (AvgIpc) is 2.75. The van der Waals surface area contributed by atoms with Gasteiger partial charge < -0.3 is 4.90 Å². The summed E-state index contributed by atoms with van der Waals surface area (Å²) in [5.41, 5.74) is 1.11. The van der Waals surface area contributed by atoms with Gasteiger partial charge in [-0.05, 0) is 49.4 Å². The van der Waals surface area contributed by atoms with Crippen LogP contribution >= 0.6 is 0 Å². The Hall–Kier alpha value is -1.15. The maximum atomic E-state index is 13.4. The van der Waals surface area contributed by atoms with Gasteiger partial charge in [0, 0.05) is 6.54 Å². The van der Waals surface area contributed by atoms with Crippen molar-refractivity contribution in [1.29, 1.82) is 0 Å². The highest BCUT2D eigenvalue weighted by atomic mass is 19.1. The van der Waals surface area contributed by atoms with E-state index in [-0.39, 0.29) is 11.2 Å². The van der Waals surface area contributed by atoms with Crippen LogP contribution in [0.4, 0.5) is 4.39 Å². The summed E-state index contributed by atoms with van der Waals surface area (Å²) in [5, 5.41) is 0. The van der Waals surface area contributed by atoms with E-state index >= 15 is 0 Å². The molecule has 0 radical (unpaired) electrons. The van der Waals surface area contributed by atoms with Gasteiger partial charge >= 0.3 is 0 Å². The van der Waals surface area contributed by atoms with Gasteiger partial charge in [0.1, 0.15) is 5.82 Å². The summed E-state index contributed by atoms with van der Waals surface area (Å²) in [4.78, 5) is 2.46. The van der Waals surface area contributed by atoms with Crippen LogP contribution in [0.1, 0.15) is 25.3 Å². The first-order valence-electron chi connectivity index (χ1n) is 6.72. The van der Waals surface area contributed by atoms with Crippen molar-refractivity contribution in [3.05, 3.63) is 48.3 Å². The zero-order valence-corrected chi connectivity index (χ0v) is 11.2. The number of benzene rings is 1. The van der Waals surface area contributed by atoms with Crippen molar-refractivity contribution in [2.24, 2.45) is 5.41 Å². The molecule has 2 heteroatoms. The average molecular weight is 247 g/mol. The molecule has 1 nitrogen and oxygen atoms in total. The Morgan fingerprint density at radius 3 is 2.89 bits per heavy atom. The van der Waals surface area contributed by atoms with Crippen LogP contribution in [0.2, 0.25) is 0 Å². The fraction of sp³-hybridized carbons (Fsp3) is 0.500.